The Morgan fingerprint density at radius 2 is 1.85 bits per heavy atom. The van der Waals surface area contributed by atoms with Crippen molar-refractivity contribution in [3.63, 3.8) is 0 Å². The summed E-state index contributed by atoms with van der Waals surface area (Å²) in [7, 11) is 1.91. The highest BCUT2D eigenvalue weighted by Crippen LogP contribution is 2.35. The van der Waals surface area contributed by atoms with Gasteiger partial charge in [-0.2, -0.15) is 0 Å². The average Bonchev–Trinajstić information content (AvgIpc) is 3.32. The van der Waals surface area contributed by atoms with E-state index in [-0.39, 0.29) is 24.0 Å². The average molecular weight is 469 g/mol. The lowest BCUT2D eigenvalue weighted by molar-refractivity contribution is 0.299. The van der Waals surface area contributed by atoms with E-state index in [0.29, 0.717) is 0 Å². The van der Waals surface area contributed by atoms with Crippen molar-refractivity contribution in [3.05, 3.63) is 23.9 Å². The Labute approximate surface area is 174 Å². The maximum Gasteiger partial charge on any atom is 0.193 e. The molecule has 2 atom stereocenters. The zero-order chi connectivity index (χ0) is 17.1. The van der Waals surface area contributed by atoms with E-state index in [1.807, 2.05) is 13.2 Å². The number of aromatic nitrogens is 1. The summed E-state index contributed by atoms with van der Waals surface area (Å²) in [5.74, 6) is 3.96. The van der Waals surface area contributed by atoms with Gasteiger partial charge in [0.15, 0.2) is 5.96 Å². The van der Waals surface area contributed by atoms with Crippen LogP contribution in [0.3, 0.4) is 0 Å². The molecule has 1 aromatic heterocycles. The first-order valence-corrected chi connectivity index (χ1v) is 9.99. The van der Waals surface area contributed by atoms with Crippen molar-refractivity contribution in [3.8, 4) is 0 Å². The second-order valence-corrected chi connectivity index (χ2v) is 7.83. The molecule has 0 amide bonds. The van der Waals surface area contributed by atoms with Crippen LogP contribution in [0.4, 0.5) is 5.82 Å². The fourth-order valence-electron chi connectivity index (χ4n) is 4.78. The molecule has 144 valence electrons. The Morgan fingerprint density at radius 1 is 1.15 bits per heavy atom. The lowest BCUT2D eigenvalue weighted by atomic mass is 9.82. The molecule has 0 radical (unpaired) electrons. The number of aliphatic imine (C=N–C) groups is 1. The number of hydrogen-bond donors (Lipinski definition) is 1. The fourth-order valence-corrected chi connectivity index (χ4v) is 4.78. The van der Waals surface area contributed by atoms with Gasteiger partial charge in [-0.25, -0.2) is 4.98 Å². The van der Waals surface area contributed by atoms with Crippen LogP contribution in [0.1, 0.15) is 44.1 Å². The molecule has 1 aromatic rings. The summed E-state index contributed by atoms with van der Waals surface area (Å²) >= 11 is 0. The molecular formula is C20H32IN5. The van der Waals surface area contributed by atoms with Crippen LogP contribution in [-0.2, 0) is 6.54 Å². The van der Waals surface area contributed by atoms with Crippen molar-refractivity contribution in [1.82, 2.24) is 15.2 Å². The van der Waals surface area contributed by atoms with Crippen LogP contribution in [0, 0.1) is 11.8 Å². The molecule has 26 heavy (non-hydrogen) atoms. The third-order valence-electron chi connectivity index (χ3n) is 6.18. The molecular weight excluding hydrogens is 437 g/mol. The molecule has 0 spiro atoms. The molecule has 3 fully saturated rings. The summed E-state index contributed by atoms with van der Waals surface area (Å²) in [5, 5.41) is 3.58. The van der Waals surface area contributed by atoms with Gasteiger partial charge in [-0.05, 0) is 55.2 Å². The van der Waals surface area contributed by atoms with E-state index in [1.165, 1.54) is 57.2 Å². The van der Waals surface area contributed by atoms with E-state index >= 15 is 0 Å². The minimum atomic E-state index is 0. The maximum atomic E-state index is 4.55. The monoisotopic (exact) mass is 469 g/mol. The minimum Gasteiger partial charge on any atom is -0.357 e. The van der Waals surface area contributed by atoms with Crippen molar-refractivity contribution in [2.24, 2.45) is 16.8 Å². The zero-order valence-corrected chi connectivity index (χ0v) is 18.2. The summed E-state index contributed by atoms with van der Waals surface area (Å²) in [5.41, 5.74) is 1.29. The second kappa shape index (κ2) is 9.24. The topological polar surface area (TPSA) is 43.8 Å². The van der Waals surface area contributed by atoms with Gasteiger partial charge in [0.1, 0.15) is 5.82 Å². The molecule has 1 N–H and O–H groups in total. The van der Waals surface area contributed by atoms with E-state index in [4.69, 9.17) is 0 Å². The summed E-state index contributed by atoms with van der Waals surface area (Å²) < 4.78 is 0. The Hall–Kier alpha value is -1.05. The van der Waals surface area contributed by atoms with Gasteiger partial charge in [-0.1, -0.05) is 12.8 Å². The number of hydrogen-bond acceptors (Lipinski definition) is 3. The molecule has 3 aliphatic rings. The number of fused-ring (bicyclic) bond motifs is 1. The number of pyridine rings is 1. The van der Waals surface area contributed by atoms with Gasteiger partial charge < -0.3 is 15.1 Å². The first-order chi connectivity index (χ1) is 12.3. The second-order valence-electron chi connectivity index (χ2n) is 7.83. The van der Waals surface area contributed by atoms with Crippen LogP contribution in [0.2, 0.25) is 0 Å². The smallest absolute Gasteiger partial charge is 0.193 e. The van der Waals surface area contributed by atoms with Crippen molar-refractivity contribution in [2.45, 2.75) is 45.1 Å². The standard InChI is InChI=1S/C20H31N5.HI/c1-21-20(25-14-17-6-2-3-7-18(17)15-25)23-13-16-8-9-22-19(12-16)24-10-4-5-11-24;/h8-9,12,17-18H,2-7,10-11,13-15H2,1H3,(H,21,23);1H. The lowest BCUT2D eigenvalue weighted by Crippen LogP contribution is -2.39. The summed E-state index contributed by atoms with van der Waals surface area (Å²) in [6.07, 6.45) is 10.2. The third-order valence-corrected chi connectivity index (χ3v) is 6.18. The quantitative estimate of drug-likeness (QED) is 0.418. The lowest BCUT2D eigenvalue weighted by Gasteiger charge is -2.22. The van der Waals surface area contributed by atoms with E-state index < -0.39 is 0 Å². The number of rotatable bonds is 3. The van der Waals surface area contributed by atoms with Gasteiger partial charge in [0.25, 0.3) is 0 Å². The van der Waals surface area contributed by atoms with Gasteiger partial charge in [-0.3, -0.25) is 4.99 Å². The summed E-state index contributed by atoms with van der Waals surface area (Å²) in [4.78, 5) is 14.0. The maximum absolute atomic E-state index is 4.55. The Balaban J connectivity index is 0.00000196. The van der Waals surface area contributed by atoms with Crippen LogP contribution >= 0.6 is 24.0 Å². The van der Waals surface area contributed by atoms with Crippen LogP contribution in [-0.4, -0.2) is 49.1 Å². The normalized spacial score (nSPS) is 25.8. The summed E-state index contributed by atoms with van der Waals surface area (Å²) in [6.45, 7) is 5.46. The molecule has 3 heterocycles. The molecule has 2 aliphatic heterocycles. The summed E-state index contributed by atoms with van der Waals surface area (Å²) in [6, 6.07) is 4.35. The van der Waals surface area contributed by atoms with Gasteiger partial charge in [0.2, 0.25) is 0 Å². The minimum absolute atomic E-state index is 0. The van der Waals surface area contributed by atoms with Crippen molar-refractivity contribution < 1.29 is 0 Å². The van der Waals surface area contributed by atoms with E-state index in [0.717, 1.165) is 43.2 Å². The van der Waals surface area contributed by atoms with E-state index in [2.05, 4.69) is 37.2 Å². The zero-order valence-electron chi connectivity index (χ0n) is 15.9. The highest BCUT2D eigenvalue weighted by Gasteiger charge is 2.35. The molecule has 0 bridgehead atoms. The highest BCUT2D eigenvalue weighted by atomic mass is 127. The van der Waals surface area contributed by atoms with Gasteiger partial charge in [-0.15, -0.1) is 24.0 Å². The fraction of sp³-hybridized carbons (Fsp3) is 0.700. The first kappa shape index (κ1) is 19.7. The van der Waals surface area contributed by atoms with Crippen LogP contribution in [0.25, 0.3) is 0 Å². The largest absolute Gasteiger partial charge is 0.357 e. The third kappa shape index (κ3) is 4.43. The molecule has 1 saturated carbocycles. The molecule has 1 aliphatic carbocycles. The number of anilines is 1. The predicted octanol–water partition coefficient (Wildman–Crippen LogP) is 3.50. The molecule has 5 nitrogen and oxygen atoms in total. The SMILES string of the molecule is CN=C(NCc1ccnc(N2CCCC2)c1)N1CC2CCCCC2C1.I. The predicted molar refractivity (Wildman–Crippen MR) is 118 cm³/mol. The number of nitrogens with zero attached hydrogens (tertiary/aromatic N) is 4. The van der Waals surface area contributed by atoms with Crippen molar-refractivity contribution in [2.75, 3.05) is 38.1 Å². The van der Waals surface area contributed by atoms with Gasteiger partial charge in [0, 0.05) is 46.0 Å². The van der Waals surface area contributed by atoms with Crippen molar-refractivity contribution in [1.29, 1.82) is 0 Å². The van der Waals surface area contributed by atoms with E-state index in [9.17, 15) is 0 Å². The number of likely N-dealkylation sites (tertiary alicyclic amines) is 1. The van der Waals surface area contributed by atoms with E-state index in [1.54, 1.807) is 0 Å². The molecule has 6 heteroatoms. The Kier molecular flexibility index (Phi) is 7.00. The molecule has 4 rings (SSSR count). The molecule has 2 unspecified atom stereocenters. The number of halogens is 1. The highest BCUT2D eigenvalue weighted by molar-refractivity contribution is 14.0. The van der Waals surface area contributed by atoms with Gasteiger partial charge >= 0.3 is 0 Å². The Bertz CT molecular complexity index is 600. The van der Waals surface area contributed by atoms with Crippen LogP contribution < -0.4 is 10.2 Å². The van der Waals surface area contributed by atoms with Crippen LogP contribution in [0.15, 0.2) is 23.3 Å². The van der Waals surface area contributed by atoms with Crippen molar-refractivity contribution >= 4 is 35.8 Å². The number of guanidine groups is 1. The number of nitrogens with one attached hydrogen (secondary N) is 1. The molecule has 2 saturated heterocycles. The first-order valence-electron chi connectivity index (χ1n) is 9.99. The van der Waals surface area contributed by atoms with Gasteiger partial charge in [0.05, 0.1) is 0 Å². The molecule has 0 aromatic carbocycles. The Morgan fingerprint density at radius 3 is 2.50 bits per heavy atom. The van der Waals surface area contributed by atoms with Crippen LogP contribution in [0.5, 0.6) is 0 Å².